The van der Waals surface area contributed by atoms with E-state index >= 15 is 0 Å². The number of esters is 1. The van der Waals surface area contributed by atoms with Gasteiger partial charge in [-0.1, -0.05) is 35.9 Å². The van der Waals surface area contributed by atoms with Crippen LogP contribution >= 0.6 is 11.6 Å². The molecule has 0 saturated carbocycles. The molecular weight excluding hydrogens is 382 g/mol. The maximum atomic E-state index is 11.8. The summed E-state index contributed by atoms with van der Waals surface area (Å²) in [4.78, 5) is 27.7. The third-order valence-corrected chi connectivity index (χ3v) is 3.96. The van der Waals surface area contributed by atoms with E-state index in [0.29, 0.717) is 24.5 Å². The van der Waals surface area contributed by atoms with Gasteiger partial charge in [-0.15, -0.1) is 0 Å². The highest BCUT2D eigenvalue weighted by Gasteiger charge is 2.08. The van der Waals surface area contributed by atoms with Crippen LogP contribution in [0.2, 0.25) is 5.15 Å². The summed E-state index contributed by atoms with van der Waals surface area (Å²) < 4.78 is 12.1. The third-order valence-electron chi connectivity index (χ3n) is 3.68. The number of amides is 1. The number of nitrogens with zero attached hydrogens (tertiary/aromatic N) is 2. The number of aromatic nitrogens is 2. The van der Waals surface area contributed by atoms with Crippen LogP contribution in [0.4, 0.5) is 0 Å². The van der Waals surface area contributed by atoms with E-state index < -0.39 is 11.9 Å². The molecule has 8 heteroatoms. The molecule has 0 aliphatic heterocycles. The van der Waals surface area contributed by atoms with E-state index in [1.54, 1.807) is 16.7 Å². The number of halogens is 1. The van der Waals surface area contributed by atoms with E-state index in [2.05, 4.69) is 10.3 Å². The molecule has 0 radical (unpaired) electrons. The zero-order valence-corrected chi connectivity index (χ0v) is 15.6. The molecule has 2 heterocycles. The first-order valence-electron chi connectivity index (χ1n) is 8.55. The van der Waals surface area contributed by atoms with Crippen LogP contribution in [-0.2, 0) is 14.3 Å². The highest BCUT2D eigenvalue weighted by molar-refractivity contribution is 6.31. The Balaban J connectivity index is 1.40. The number of para-hydroxylation sites is 1. The SMILES string of the molecule is O=C(COC(=O)/C=C/c1c(Cl)nc2ccccn12)NCCOc1ccccc1. The maximum Gasteiger partial charge on any atom is 0.331 e. The summed E-state index contributed by atoms with van der Waals surface area (Å²) in [5.41, 5.74) is 1.22. The van der Waals surface area contributed by atoms with Crippen molar-refractivity contribution in [1.82, 2.24) is 14.7 Å². The van der Waals surface area contributed by atoms with E-state index in [-0.39, 0.29) is 11.8 Å². The fourth-order valence-corrected chi connectivity index (χ4v) is 2.63. The van der Waals surface area contributed by atoms with Gasteiger partial charge in [0.15, 0.2) is 11.8 Å². The van der Waals surface area contributed by atoms with Crippen molar-refractivity contribution in [3.05, 3.63) is 71.7 Å². The molecule has 144 valence electrons. The predicted octanol–water partition coefficient (Wildman–Crippen LogP) is 2.74. The number of hydrogen-bond donors (Lipinski definition) is 1. The Kier molecular flexibility index (Phi) is 6.64. The van der Waals surface area contributed by atoms with Crippen molar-refractivity contribution in [3.63, 3.8) is 0 Å². The lowest BCUT2D eigenvalue weighted by Crippen LogP contribution is -2.31. The van der Waals surface area contributed by atoms with Gasteiger partial charge < -0.3 is 14.8 Å². The number of rotatable bonds is 8. The summed E-state index contributed by atoms with van der Waals surface area (Å²) in [7, 11) is 0. The summed E-state index contributed by atoms with van der Waals surface area (Å²) >= 11 is 6.08. The Bertz CT molecular complexity index is 986. The largest absolute Gasteiger partial charge is 0.492 e. The smallest absolute Gasteiger partial charge is 0.331 e. The van der Waals surface area contributed by atoms with Gasteiger partial charge in [-0.25, -0.2) is 9.78 Å². The zero-order valence-electron chi connectivity index (χ0n) is 14.9. The molecule has 0 aliphatic carbocycles. The number of carbonyl (C=O) groups excluding carboxylic acids is 2. The normalized spacial score (nSPS) is 10.9. The van der Waals surface area contributed by atoms with Crippen molar-refractivity contribution in [2.75, 3.05) is 19.8 Å². The molecule has 7 nitrogen and oxygen atoms in total. The number of imidazole rings is 1. The van der Waals surface area contributed by atoms with Gasteiger partial charge in [-0.3, -0.25) is 9.20 Å². The zero-order chi connectivity index (χ0) is 19.8. The molecule has 28 heavy (non-hydrogen) atoms. The molecule has 3 rings (SSSR count). The molecule has 0 fully saturated rings. The van der Waals surface area contributed by atoms with Gasteiger partial charge in [0.25, 0.3) is 5.91 Å². The van der Waals surface area contributed by atoms with E-state index in [0.717, 1.165) is 5.75 Å². The van der Waals surface area contributed by atoms with E-state index in [9.17, 15) is 9.59 Å². The third kappa shape index (κ3) is 5.34. The Morgan fingerprint density at radius 1 is 1.14 bits per heavy atom. The topological polar surface area (TPSA) is 81.9 Å². The van der Waals surface area contributed by atoms with Crippen LogP contribution in [-0.4, -0.2) is 41.0 Å². The molecule has 0 saturated heterocycles. The number of hydrogen-bond acceptors (Lipinski definition) is 5. The first-order valence-corrected chi connectivity index (χ1v) is 8.93. The minimum Gasteiger partial charge on any atom is -0.492 e. The molecule has 1 N–H and O–H groups in total. The lowest BCUT2D eigenvalue weighted by Gasteiger charge is -2.07. The molecule has 1 aromatic carbocycles. The summed E-state index contributed by atoms with van der Waals surface area (Å²) in [6.07, 6.45) is 4.48. The number of carbonyl (C=O) groups is 2. The van der Waals surface area contributed by atoms with Crippen molar-refractivity contribution in [3.8, 4) is 5.75 Å². The summed E-state index contributed by atoms with van der Waals surface area (Å²) in [6, 6.07) is 14.7. The second-order valence-electron chi connectivity index (χ2n) is 5.67. The number of ether oxygens (including phenoxy) is 2. The van der Waals surface area contributed by atoms with Crippen molar-refractivity contribution in [2.45, 2.75) is 0 Å². The second kappa shape index (κ2) is 9.57. The lowest BCUT2D eigenvalue weighted by molar-refractivity contribution is -0.143. The molecular formula is C20H18ClN3O4. The van der Waals surface area contributed by atoms with Gasteiger partial charge in [0.05, 0.1) is 12.2 Å². The number of nitrogens with one attached hydrogen (secondary N) is 1. The Hall–Kier alpha value is -3.32. The Morgan fingerprint density at radius 3 is 2.75 bits per heavy atom. The second-order valence-corrected chi connectivity index (χ2v) is 6.03. The van der Waals surface area contributed by atoms with Crippen molar-refractivity contribution >= 4 is 35.2 Å². The highest BCUT2D eigenvalue weighted by Crippen LogP contribution is 2.18. The van der Waals surface area contributed by atoms with E-state index in [4.69, 9.17) is 21.1 Å². The fourth-order valence-electron chi connectivity index (χ4n) is 2.39. The average Bonchev–Trinajstić information content (AvgIpc) is 3.04. The van der Waals surface area contributed by atoms with Crippen molar-refractivity contribution in [1.29, 1.82) is 0 Å². The van der Waals surface area contributed by atoms with Gasteiger partial charge in [0.1, 0.15) is 18.0 Å². The molecule has 0 spiro atoms. The molecule has 0 unspecified atom stereocenters. The quantitative estimate of drug-likeness (QED) is 0.358. The van der Waals surface area contributed by atoms with Crippen LogP contribution in [0.1, 0.15) is 5.69 Å². The van der Waals surface area contributed by atoms with E-state index in [1.165, 1.54) is 12.2 Å². The predicted molar refractivity (Wildman–Crippen MR) is 105 cm³/mol. The summed E-state index contributed by atoms with van der Waals surface area (Å²) in [6.45, 7) is 0.240. The molecule has 0 atom stereocenters. The van der Waals surface area contributed by atoms with Gasteiger partial charge in [0.2, 0.25) is 0 Å². The molecule has 2 aromatic heterocycles. The first kappa shape index (κ1) is 19.4. The first-order chi connectivity index (χ1) is 13.6. The molecule has 0 aliphatic rings. The Labute approximate surface area is 166 Å². The van der Waals surface area contributed by atoms with Gasteiger partial charge in [0, 0.05) is 12.3 Å². The Morgan fingerprint density at radius 2 is 1.93 bits per heavy atom. The van der Waals surface area contributed by atoms with Crippen LogP contribution in [0.15, 0.2) is 60.8 Å². The number of pyridine rings is 1. The van der Waals surface area contributed by atoms with Crippen LogP contribution < -0.4 is 10.1 Å². The van der Waals surface area contributed by atoms with Crippen molar-refractivity contribution in [2.24, 2.45) is 0 Å². The fraction of sp³-hybridized carbons (Fsp3) is 0.150. The van der Waals surface area contributed by atoms with Gasteiger partial charge >= 0.3 is 5.97 Å². The molecule has 1 amide bonds. The summed E-state index contributed by atoms with van der Waals surface area (Å²) in [5.74, 6) is -0.344. The molecule has 3 aromatic rings. The van der Waals surface area contributed by atoms with Crippen LogP contribution in [0.25, 0.3) is 11.7 Å². The van der Waals surface area contributed by atoms with E-state index in [1.807, 2.05) is 42.5 Å². The average molecular weight is 400 g/mol. The minimum absolute atomic E-state index is 0.270. The molecule has 0 bridgehead atoms. The minimum atomic E-state index is -0.655. The monoisotopic (exact) mass is 399 g/mol. The lowest BCUT2D eigenvalue weighted by atomic mass is 10.3. The summed E-state index contributed by atoms with van der Waals surface area (Å²) in [5, 5.41) is 2.88. The van der Waals surface area contributed by atoms with Crippen molar-refractivity contribution < 1.29 is 19.1 Å². The van der Waals surface area contributed by atoms with Crippen LogP contribution in [0.3, 0.4) is 0 Å². The van der Waals surface area contributed by atoms with Gasteiger partial charge in [-0.05, 0) is 30.3 Å². The standard InChI is InChI=1S/C20H18ClN3O4/c21-20-16(24-12-5-4-8-17(24)23-20)9-10-19(26)28-14-18(25)22-11-13-27-15-6-2-1-3-7-15/h1-10,12H,11,13-14H2,(H,22,25)/b10-9+. The maximum absolute atomic E-state index is 11.8. The number of benzene rings is 1. The number of fused-ring (bicyclic) bond motifs is 1. The van der Waals surface area contributed by atoms with Crippen LogP contribution in [0, 0.1) is 0 Å². The highest BCUT2D eigenvalue weighted by atomic mass is 35.5. The van der Waals surface area contributed by atoms with Crippen LogP contribution in [0.5, 0.6) is 5.75 Å². The van der Waals surface area contributed by atoms with Gasteiger partial charge in [-0.2, -0.15) is 0 Å².